The van der Waals surface area contributed by atoms with E-state index in [2.05, 4.69) is 5.32 Å². The van der Waals surface area contributed by atoms with Crippen LogP contribution in [0.15, 0.2) is 18.2 Å². The van der Waals surface area contributed by atoms with Crippen LogP contribution < -0.4 is 10.1 Å². The summed E-state index contributed by atoms with van der Waals surface area (Å²) < 4.78 is 18.4. The normalized spacial score (nSPS) is 19.2. The van der Waals surface area contributed by atoms with Crippen molar-refractivity contribution in [1.29, 1.82) is 0 Å². The maximum Gasteiger partial charge on any atom is 0.165 e. The molecule has 1 aromatic carbocycles. The molecule has 19 heavy (non-hydrogen) atoms. The molecule has 0 radical (unpaired) electrons. The Bertz CT molecular complexity index is 447. The second kappa shape index (κ2) is 6.91. The third-order valence-corrected chi connectivity index (χ3v) is 4.22. The Morgan fingerprint density at radius 1 is 1.58 bits per heavy atom. The maximum absolute atomic E-state index is 13.5. The average Bonchev–Trinajstić information content (AvgIpc) is 2.40. The Morgan fingerprint density at radius 3 is 3.05 bits per heavy atom. The van der Waals surface area contributed by atoms with E-state index < -0.39 is 5.82 Å². The number of ether oxygens (including phenoxy) is 1. The monoisotopic (exact) mass is 283 g/mol. The van der Waals surface area contributed by atoms with Crippen molar-refractivity contribution in [3.63, 3.8) is 0 Å². The second-order valence-corrected chi connectivity index (χ2v) is 5.76. The third kappa shape index (κ3) is 4.21. The Balaban J connectivity index is 1.89. The van der Waals surface area contributed by atoms with Gasteiger partial charge in [0, 0.05) is 36.9 Å². The lowest BCUT2D eigenvalue weighted by atomic mass is 10.0. The summed E-state index contributed by atoms with van der Waals surface area (Å²) in [6.07, 6.45) is 0.796. The molecule has 0 amide bonds. The van der Waals surface area contributed by atoms with Crippen LogP contribution in [0.1, 0.15) is 12.0 Å². The van der Waals surface area contributed by atoms with Gasteiger partial charge >= 0.3 is 0 Å². The molecule has 1 aliphatic heterocycles. The number of hydrogen-bond acceptors (Lipinski definition) is 4. The van der Waals surface area contributed by atoms with Gasteiger partial charge in [0.25, 0.3) is 0 Å². The Kier molecular flexibility index (Phi) is 5.22. The number of carbonyl (C=O) groups is 1. The van der Waals surface area contributed by atoms with Crippen LogP contribution in [0.2, 0.25) is 0 Å². The number of nitrogens with one attached hydrogen (secondary N) is 1. The van der Waals surface area contributed by atoms with Gasteiger partial charge in [-0.15, -0.1) is 0 Å². The zero-order chi connectivity index (χ0) is 13.7. The van der Waals surface area contributed by atoms with Gasteiger partial charge in [-0.1, -0.05) is 6.07 Å². The first-order valence-electron chi connectivity index (χ1n) is 6.34. The van der Waals surface area contributed by atoms with E-state index in [4.69, 9.17) is 4.74 Å². The van der Waals surface area contributed by atoms with E-state index in [1.54, 1.807) is 12.1 Å². The Hall–Kier alpha value is -1.07. The minimum atomic E-state index is -0.417. The summed E-state index contributed by atoms with van der Waals surface area (Å²) in [6.45, 7) is 0.958. The van der Waals surface area contributed by atoms with Crippen molar-refractivity contribution in [3.05, 3.63) is 29.6 Å². The van der Waals surface area contributed by atoms with E-state index in [-0.39, 0.29) is 24.0 Å². The highest BCUT2D eigenvalue weighted by Gasteiger charge is 2.17. The van der Waals surface area contributed by atoms with Gasteiger partial charge in [-0.25, -0.2) is 4.39 Å². The Labute approximate surface area is 116 Å². The molecule has 0 bridgehead atoms. The summed E-state index contributed by atoms with van der Waals surface area (Å²) in [5.74, 6) is 2.02. The number of benzene rings is 1. The van der Waals surface area contributed by atoms with E-state index in [0.717, 1.165) is 18.1 Å². The van der Waals surface area contributed by atoms with Gasteiger partial charge in [-0.2, -0.15) is 11.8 Å². The number of carbonyl (C=O) groups excluding carboxylic acids is 1. The summed E-state index contributed by atoms with van der Waals surface area (Å²) in [4.78, 5) is 11.9. The summed E-state index contributed by atoms with van der Waals surface area (Å²) >= 11 is 1.87. The first kappa shape index (κ1) is 14.3. The van der Waals surface area contributed by atoms with Gasteiger partial charge in [0.1, 0.15) is 5.78 Å². The second-order valence-electron chi connectivity index (χ2n) is 4.61. The molecule has 1 aromatic rings. The highest BCUT2D eigenvalue weighted by molar-refractivity contribution is 7.99. The van der Waals surface area contributed by atoms with Crippen LogP contribution in [-0.2, 0) is 11.2 Å². The van der Waals surface area contributed by atoms with Crippen molar-refractivity contribution in [2.75, 3.05) is 25.2 Å². The van der Waals surface area contributed by atoms with Gasteiger partial charge in [0.05, 0.1) is 7.11 Å². The molecule has 1 N–H and O–H groups in total. The predicted octanol–water partition coefficient (Wildman–Crippen LogP) is 2.04. The number of Topliss-reactive ketones (excluding diaryl/α,β-unsaturated/α-hetero) is 1. The highest BCUT2D eigenvalue weighted by atomic mass is 32.2. The maximum atomic E-state index is 13.5. The van der Waals surface area contributed by atoms with Gasteiger partial charge in [-0.3, -0.25) is 4.79 Å². The fourth-order valence-corrected chi connectivity index (χ4v) is 3.09. The molecule has 5 heteroatoms. The van der Waals surface area contributed by atoms with E-state index >= 15 is 0 Å². The minimum absolute atomic E-state index is 0.143. The van der Waals surface area contributed by atoms with Crippen LogP contribution in [0, 0.1) is 5.82 Å². The lowest BCUT2D eigenvalue weighted by molar-refractivity contribution is -0.118. The van der Waals surface area contributed by atoms with Crippen LogP contribution in [0.25, 0.3) is 0 Å². The molecule has 1 heterocycles. The molecule has 1 unspecified atom stereocenters. The van der Waals surface area contributed by atoms with Gasteiger partial charge in [0.2, 0.25) is 0 Å². The summed E-state index contributed by atoms with van der Waals surface area (Å²) in [5, 5.41) is 3.33. The molecular weight excluding hydrogens is 265 g/mol. The zero-order valence-electron chi connectivity index (χ0n) is 10.9. The number of rotatable bonds is 5. The molecule has 0 spiro atoms. The molecule has 0 aliphatic carbocycles. The summed E-state index contributed by atoms with van der Waals surface area (Å²) in [7, 11) is 1.43. The number of thioether (sulfide) groups is 1. The van der Waals surface area contributed by atoms with Crippen LogP contribution in [0.3, 0.4) is 0 Å². The number of ketones is 1. The highest BCUT2D eigenvalue weighted by Crippen LogP contribution is 2.19. The van der Waals surface area contributed by atoms with Crippen LogP contribution >= 0.6 is 11.8 Å². The first-order chi connectivity index (χ1) is 9.19. The van der Waals surface area contributed by atoms with Gasteiger partial charge < -0.3 is 10.1 Å². The SMILES string of the molecule is COc1ccc(CC(=O)CC2CSCCN2)cc1F. The molecule has 1 fully saturated rings. The van der Waals surface area contributed by atoms with Crippen molar-refractivity contribution >= 4 is 17.5 Å². The minimum Gasteiger partial charge on any atom is -0.494 e. The predicted molar refractivity (Wildman–Crippen MR) is 75.4 cm³/mol. The molecule has 1 atom stereocenters. The largest absolute Gasteiger partial charge is 0.494 e. The van der Waals surface area contributed by atoms with Crippen molar-refractivity contribution in [3.8, 4) is 5.75 Å². The third-order valence-electron chi connectivity index (χ3n) is 3.09. The van der Waals surface area contributed by atoms with E-state index in [0.29, 0.717) is 12.0 Å². The fourth-order valence-electron chi connectivity index (χ4n) is 2.15. The molecular formula is C14H18FNO2S. The summed E-state index contributed by atoms with van der Waals surface area (Å²) in [6, 6.07) is 4.93. The molecule has 1 saturated heterocycles. The number of methoxy groups -OCH3 is 1. The molecule has 0 aromatic heterocycles. The molecule has 0 saturated carbocycles. The molecule has 3 nitrogen and oxygen atoms in total. The lowest BCUT2D eigenvalue weighted by Crippen LogP contribution is -2.39. The quantitative estimate of drug-likeness (QED) is 0.897. The van der Waals surface area contributed by atoms with Crippen molar-refractivity contribution in [2.24, 2.45) is 0 Å². The van der Waals surface area contributed by atoms with Crippen molar-refractivity contribution in [1.82, 2.24) is 5.32 Å². The average molecular weight is 283 g/mol. The smallest absolute Gasteiger partial charge is 0.165 e. The van der Waals surface area contributed by atoms with Crippen LogP contribution in [-0.4, -0.2) is 37.0 Å². The lowest BCUT2D eigenvalue weighted by Gasteiger charge is -2.22. The Morgan fingerprint density at radius 2 is 2.42 bits per heavy atom. The van der Waals surface area contributed by atoms with Crippen LogP contribution in [0.5, 0.6) is 5.75 Å². The van der Waals surface area contributed by atoms with E-state index in [1.807, 2.05) is 11.8 Å². The van der Waals surface area contributed by atoms with Crippen molar-refractivity contribution in [2.45, 2.75) is 18.9 Å². The van der Waals surface area contributed by atoms with Crippen LogP contribution in [0.4, 0.5) is 4.39 Å². The van der Waals surface area contributed by atoms with E-state index in [9.17, 15) is 9.18 Å². The standard InChI is InChI=1S/C14H18FNO2S/c1-18-14-3-2-10(7-13(14)15)6-12(17)8-11-9-19-5-4-16-11/h2-3,7,11,16H,4-6,8-9H2,1H3. The first-order valence-corrected chi connectivity index (χ1v) is 7.49. The fraction of sp³-hybridized carbons (Fsp3) is 0.500. The van der Waals surface area contributed by atoms with Gasteiger partial charge in [0.15, 0.2) is 11.6 Å². The number of hydrogen-bond donors (Lipinski definition) is 1. The molecule has 2 rings (SSSR count). The molecule has 104 valence electrons. The summed E-state index contributed by atoms with van der Waals surface area (Å²) in [5.41, 5.74) is 0.701. The molecule has 1 aliphatic rings. The number of halogens is 1. The topological polar surface area (TPSA) is 38.3 Å². The van der Waals surface area contributed by atoms with Gasteiger partial charge in [-0.05, 0) is 17.7 Å². The van der Waals surface area contributed by atoms with Crippen molar-refractivity contribution < 1.29 is 13.9 Å². The van der Waals surface area contributed by atoms with E-state index in [1.165, 1.54) is 13.2 Å². The zero-order valence-corrected chi connectivity index (χ0v) is 11.8.